The zero-order valence-corrected chi connectivity index (χ0v) is 20.0. The maximum Gasteiger partial charge on any atom is 0.247 e. The molecule has 4 aromatic rings. The second-order valence-corrected chi connectivity index (χ2v) is 8.33. The number of anilines is 3. The van der Waals surface area contributed by atoms with Crippen molar-refractivity contribution < 1.29 is 9.53 Å². The highest BCUT2D eigenvalue weighted by molar-refractivity contribution is 6.00. The number of aryl methyl sites for hydroxylation is 1. The number of nitrogens with zero attached hydrogens (tertiary/aromatic N) is 4. The second kappa shape index (κ2) is 10.6. The molecule has 3 N–H and O–H groups in total. The van der Waals surface area contributed by atoms with Gasteiger partial charge in [-0.3, -0.25) is 14.8 Å². The van der Waals surface area contributed by atoms with Crippen LogP contribution in [-0.2, 0) is 16.0 Å². The number of amides is 1. The van der Waals surface area contributed by atoms with Crippen molar-refractivity contribution in [3.63, 3.8) is 0 Å². The third-order valence-electron chi connectivity index (χ3n) is 6.01. The molecule has 182 valence electrons. The van der Waals surface area contributed by atoms with E-state index in [4.69, 9.17) is 9.72 Å². The SMILES string of the molecule is C=CC(=O)Nc1ccnc(-c2c(CC)ccc3cnc(Nc4cccnc4C4CNCCO4)nc23)c1. The average Bonchev–Trinajstić information content (AvgIpc) is 2.93. The lowest BCUT2D eigenvalue weighted by Gasteiger charge is -2.24. The van der Waals surface area contributed by atoms with Gasteiger partial charge in [0.15, 0.2) is 0 Å². The lowest BCUT2D eigenvalue weighted by atomic mass is 9.98. The molecule has 0 aliphatic carbocycles. The normalized spacial score (nSPS) is 15.4. The molecule has 1 aromatic carbocycles. The van der Waals surface area contributed by atoms with Crippen LogP contribution in [0.3, 0.4) is 0 Å². The summed E-state index contributed by atoms with van der Waals surface area (Å²) in [7, 11) is 0. The van der Waals surface area contributed by atoms with Crippen LogP contribution in [0.1, 0.15) is 24.3 Å². The smallest absolute Gasteiger partial charge is 0.247 e. The van der Waals surface area contributed by atoms with Crippen LogP contribution in [0.15, 0.2) is 67.6 Å². The molecule has 9 heteroatoms. The van der Waals surface area contributed by atoms with Crippen LogP contribution in [-0.4, -0.2) is 45.5 Å². The molecule has 0 bridgehead atoms. The number of carbonyl (C=O) groups is 1. The monoisotopic (exact) mass is 481 g/mol. The fourth-order valence-electron chi connectivity index (χ4n) is 4.26. The summed E-state index contributed by atoms with van der Waals surface area (Å²) in [5, 5.41) is 10.4. The Labute approximate surface area is 209 Å². The molecule has 36 heavy (non-hydrogen) atoms. The molecule has 1 unspecified atom stereocenters. The number of morpholine rings is 1. The minimum Gasteiger partial charge on any atom is -0.369 e. The van der Waals surface area contributed by atoms with Crippen molar-refractivity contribution >= 4 is 34.1 Å². The van der Waals surface area contributed by atoms with Crippen molar-refractivity contribution in [1.82, 2.24) is 25.3 Å². The molecule has 0 saturated carbocycles. The Hall–Kier alpha value is -4.21. The molecule has 9 nitrogen and oxygen atoms in total. The van der Waals surface area contributed by atoms with Crippen LogP contribution in [0.4, 0.5) is 17.3 Å². The zero-order valence-electron chi connectivity index (χ0n) is 20.0. The predicted octanol–water partition coefficient (Wildman–Crippen LogP) is 4.18. The van der Waals surface area contributed by atoms with E-state index >= 15 is 0 Å². The minimum absolute atomic E-state index is 0.150. The van der Waals surface area contributed by atoms with Gasteiger partial charge in [0, 0.05) is 48.3 Å². The van der Waals surface area contributed by atoms with Crippen molar-refractivity contribution in [2.24, 2.45) is 0 Å². The summed E-state index contributed by atoms with van der Waals surface area (Å²) in [5.41, 5.74) is 5.73. The molecule has 4 heterocycles. The van der Waals surface area contributed by atoms with Gasteiger partial charge in [-0.15, -0.1) is 0 Å². The number of pyridine rings is 2. The molecule has 1 aliphatic heterocycles. The summed E-state index contributed by atoms with van der Waals surface area (Å²) in [5.74, 6) is 0.171. The Morgan fingerprint density at radius 3 is 2.94 bits per heavy atom. The number of aromatic nitrogens is 4. The number of hydrogen-bond acceptors (Lipinski definition) is 8. The summed E-state index contributed by atoms with van der Waals surface area (Å²) < 4.78 is 5.92. The number of carbonyl (C=O) groups excluding carboxylic acids is 1. The van der Waals surface area contributed by atoms with E-state index in [-0.39, 0.29) is 12.0 Å². The average molecular weight is 482 g/mol. The van der Waals surface area contributed by atoms with Crippen LogP contribution in [0.25, 0.3) is 22.2 Å². The highest BCUT2D eigenvalue weighted by Crippen LogP contribution is 2.33. The number of hydrogen-bond donors (Lipinski definition) is 3. The van der Waals surface area contributed by atoms with Gasteiger partial charge in [0.05, 0.1) is 29.2 Å². The van der Waals surface area contributed by atoms with Crippen molar-refractivity contribution in [2.75, 3.05) is 30.3 Å². The molecule has 1 fully saturated rings. The van der Waals surface area contributed by atoms with Crippen molar-refractivity contribution in [2.45, 2.75) is 19.4 Å². The first-order chi connectivity index (χ1) is 17.7. The fourth-order valence-corrected chi connectivity index (χ4v) is 4.26. The van der Waals surface area contributed by atoms with E-state index in [0.29, 0.717) is 30.5 Å². The molecule has 0 radical (unpaired) electrons. The van der Waals surface area contributed by atoms with Crippen molar-refractivity contribution in [3.05, 3.63) is 78.9 Å². The maximum absolute atomic E-state index is 11.8. The van der Waals surface area contributed by atoms with Gasteiger partial charge in [-0.25, -0.2) is 9.97 Å². The molecule has 3 aromatic heterocycles. The number of nitrogens with one attached hydrogen (secondary N) is 3. The van der Waals surface area contributed by atoms with Crippen molar-refractivity contribution in [3.8, 4) is 11.3 Å². The van der Waals surface area contributed by atoms with Crippen molar-refractivity contribution in [1.29, 1.82) is 0 Å². The van der Waals surface area contributed by atoms with Gasteiger partial charge in [0.1, 0.15) is 6.10 Å². The van der Waals surface area contributed by atoms with Crippen LogP contribution in [0.5, 0.6) is 0 Å². The van der Waals surface area contributed by atoms with Gasteiger partial charge in [-0.2, -0.15) is 0 Å². The highest BCUT2D eigenvalue weighted by atomic mass is 16.5. The topological polar surface area (TPSA) is 114 Å². The molecule has 1 amide bonds. The predicted molar refractivity (Wildman–Crippen MR) is 140 cm³/mol. The fraction of sp³-hybridized carbons (Fsp3) is 0.222. The van der Waals surface area contributed by atoms with E-state index in [9.17, 15) is 4.79 Å². The Morgan fingerprint density at radius 2 is 2.14 bits per heavy atom. The zero-order chi connectivity index (χ0) is 24.9. The maximum atomic E-state index is 11.8. The Bertz CT molecular complexity index is 1420. The highest BCUT2D eigenvalue weighted by Gasteiger charge is 2.21. The van der Waals surface area contributed by atoms with Crippen LogP contribution in [0, 0.1) is 0 Å². The summed E-state index contributed by atoms with van der Waals surface area (Å²) in [6.07, 6.45) is 7.11. The van der Waals surface area contributed by atoms with E-state index in [1.54, 1.807) is 24.7 Å². The third kappa shape index (κ3) is 4.93. The minimum atomic E-state index is -0.279. The van der Waals surface area contributed by atoms with E-state index < -0.39 is 0 Å². The first-order valence-corrected chi connectivity index (χ1v) is 11.9. The number of fused-ring (bicyclic) bond motifs is 1. The van der Waals surface area contributed by atoms with E-state index in [1.807, 2.05) is 24.3 Å². The summed E-state index contributed by atoms with van der Waals surface area (Å²) in [6, 6.07) is 11.5. The van der Waals surface area contributed by atoms with E-state index in [1.165, 1.54) is 6.08 Å². The standard InChI is InChI=1S/C27H27N7O2/c1-3-17-7-8-18-15-31-27(33-20-6-5-10-30-26(20)22-16-28-12-13-36-22)34-25(18)24(17)21-14-19(9-11-29-21)32-23(35)4-2/h4-11,14-15,22,28H,2-3,12-13,16H2,1H3,(H,29,32,35)(H,31,33,34). The quantitative estimate of drug-likeness (QED) is 0.337. The van der Waals surface area contributed by atoms with Gasteiger partial charge in [0.2, 0.25) is 11.9 Å². The third-order valence-corrected chi connectivity index (χ3v) is 6.01. The van der Waals surface area contributed by atoms with Gasteiger partial charge < -0.3 is 20.7 Å². The number of rotatable bonds is 7. The first-order valence-electron chi connectivity index (χ1n) is 11.9. The summed E-state index contributed by atoms with van der Waals surface area (Å²) in [6.45, 7) is 7.77. The number of benzene rings is 1. The lowest BCUT2D eigenvalue weighted by Crippen LogP contribution is -2.34. The van der Waals surface area contributed by atoms with Gasteiger partial charge in [-0.05, 0) is 42.3 Å². The van der Waals surface area contributed by atoms with E-state index in [2.05, 4.69) is 50.5 Å². The van der Waals surface area contributed by atoms with Crippen LogP contribution < -0.4 is 16.0 Å². The largest absolute Gasteiger partial charge is 0.369 e. The summed E-state index contributed by atoms with van der Waals surface area (Å²) >= 11 is 0. The van der Waals surface area contributed by atoms with E-state index in [0.717, 1.165) is 46.4 Å². The molecule has 1 atom stereocenters. The second-order valence-electron chi connectivity index (χ2n) is 8.33. The molecular weight excluding hydrogens is 454 g/mol. The molecule has 0 spiro atoms. The number of ether oxygens (including phenoxy) is 1. The van der Waals surface area contributed by atoms with Gasteiger partial charge >= 0.3 is 0 Å². The molecule has 5 rings (SSSR count). The Morgan fingerprint density at radius 1 is 1.22 bits per heavy atom. The van der Waals surface area contributed by atoms with Crippen LogP contribution in [0.2, 0.25) is 0 Å². The Balaban J connectivity index is 1.56. The first kappa shape index (κ1) is 23.5. The van der Waals surface area contributed by atoms with Gasteiger partial charge in [0.25, 0.3) is 0 Å². The molecule has 1 saturated heterocycles. The molecular formula is C27H27N7O2. The lowest BCUT2D eigenvalue weighted by molar-refractivity contribution is -0.111. The molecule has 1 aliphatic rings. The summed E-state index contributed by atoms with van der Waals surface area (Å²) in [4.78, 5) is 30.4. The van der Waals surface area contributed by atoms with Crippen LogP contribution >= 0.6 is 0 Å². The Kier molecular flexibility index (Phi) is 6.92. The van der Waals surface area contributed by atoms with Gasteiger partial charge in [-0.1, -0.05) is 25.6 Å².